The first-order chi connectivity index (χ1) is 7.60. The van der Waals surface area contributed by atoms with E-state index in [0.717, 1.165) is 0 Å². The molecule has 0 radical (unpaired) electrons. The minimum atomic E-state index is -0.660. The van der Waals surface area contributed by atoms with E-state index >= 15 is 0 Å². The molecule has 88 valence electrons. The van der Waals surface area contributed by atoms with Crippen LogP contribution in [0.15, 0.2) is 6.20 Å². The van der Waals surface area contributed by atoms with E-state index in [9.17, 15) is 14.9 Å². The number of nitrogens with zero attached hydrogens (tertiary/aromatic N) is 3. The molecule has 1 heterocycles. The van der Waals surface area contributed by atoms with Crippen molar-refractivity contribution in [2.24, 2.45) is 0 Å². The van der Waals surface area contributed by atoms with E-state index in [0.29, 0.717) is 6.54 Å². The number of hydrogen-bond acceptors (Lipinski definition) is 5. The van der Waals surface area contributed by atoms with Gasteiger partial charge >= 0.3 is 5.69 Å². The van der Waals surface area contributed by atoms with Gasteiger partial charge in [-0.1, -0.05) is 0 Å². The first-order valence-corrected chi connectivity index (χ1v) is 4.71. The van der Waals surface area contributed by atoms with Gasteiger partial charge in [-0.2, -0.15) is 5.10 Å². The molecule has 1 rings (SSSR count). The summed E-state index contributed by atoms with van der Waals surface area (Å²) in [7, 11) is 0. The molecule has 1 aromatic rings. The third-order valence-corrected chi connectivity index (χ3v) is 1.88. The summed E-state index contributed by atoms with van der Waals surface area (Å²) >= 11 is 0. The molecule has 0 aliphatic heterocycles. The lowest BCUT2D eigenvalue weighted by Gasteiger charge is -1.98. The number of nitrogens with one attached hydrogen (secondary N) is 1. The zero-order valence-electron chi connectivity index (χ0n) is 8.71. The van der Waals surface area contributed by atoms with Crippen LogP contribution in [0.5, 0.6) is 0 Å². The van der Waals surface area contributed by atoms with Crippen LogP contribution in [0.25, 0.3) is 0 Å². The molecular weight excluding hydrogens is 216 g/mol. The third-order valence-electron chi connectivity index (χ3n) is 1.88. The number of aliphatic hydroxyl groups excluding tert-OH is 1. The first-order valence-electron chi connectivity index (χ1n) is 4.71. The fourth-order valence-corrected chi connectivity index (χ4v) is 1.12. The van der Waals surface area contributed by atoms with E-state index < -0.39 is 10.8 Å². The standard InChI is InChI=1S/C8H12N4O4/c1-2-11-5-6(12(15)16)7(10-11)8(14)9-3-4-13/h5,13H,2-4H2,1H3,(H,9,14). The number of amides is 1. The Balaban J connectivity index is 2.96. The normalized spacial score (nSPS) is 10.1. The molecule has 0 unspecified atom stereocenters. The lowest BCUT2D eigenvalue weighted by Crippen LogP contribution is -2.27. The van der Waals surface area contributed by atoms with Crippen molar-refractivity contribution in [3.05, 3.63) is 22.0 Å². The van der Waals surface area contributed by atoms with E-state index in [1.807, 2.05) is 0 Å². The molecule has 0 aliphatic rings. The zero-order valence-corrected chi connectivity index (χ0v) is 8.71. The summed E-state index contributed by atoms with van der Waals surface area (Å²) in [6.07, 6.45) is 1.20. The van der Waals surface area contributed by atoms with Gasteiger partial charge in [0.2, 0.25) is 5.69 Å². The molecule has 8 heteroatoms. The number of hydrogen-bond donors (Lipinski definition) is 2. The van der Waals surface area contributed by atoms with Crippen LogP contribution in [0.1, 0.15) is 17.4 Å². The van der Waals surface area contributed by atoms with Crippen molar-refractivity contribution in [1.29, 1.82) is 0 Å². The van der Waals surface area contributed by atoms with E-state index in [2.05, 4.69) is 10.4 Å². The molecule has 0 fully saturated rings. The average Bonchev–Trinajstić information content (AvgIpc) is 2.70. The summed E-state index contributed by atoms with van der Waals surface area (Å²) in [6, 6.07) is 0. The second-order valence-electron chi connectivity index (χ2n) is 2.96. The summed E-state index contributed by atoms with van der Waals surface area (Å²) in [6.45, 7) is 2.00. The predicted octanol–water partition coefficient (Wildman–Crippen LogP) is -0.467. The maximum absolute atomic E-state index is 11.5. The summed E-state index contributed by atoms with van der Waals surface area (Å²) in [5, 5.41) is 25.3. The number of nitro groups is 1. The predicted molar refractivity (Wildman–Crippen MR) is 54.0 cm³/mol. The van der Waals surface area contributed by atoms with Gasteiger partial charge in [-0.25, -0.2) is 0 Å². The summed E-state index contributed by atoms with van der Waals surface area (Å²) in [4.78, 5) is 21.4. The third kappa shape index (κ3) is 2.54. The van der Waals surface area contributed by atoms with Gasteiger partial charge in [0.1, 0.15) is 6.20 Å². The Morgan fingerprint density at radius 2 is 2.44 bits per heavy atom. The van der Waals surface area contributed by atoms with Crippen LogP contribution in [-0.4, -0.2) is 38.9 Å². The molecule has 1 aromatic heterocycles. The molecule has 2 N–H and O–H groups in total. The van der Waals surface area contributed by atoms with Crippen molar-refractivity contribution >= 4 is 11.6 Å². The van der Waals surface area contributed by atoms with Gasteiger partial charge in [-0.15, -0.1) is 0 Å². The number of aliphatic hydroxyl groups is 1. The maximum Gasteiger partial charge on any atom is 0.320 e. The fraction of sp³-hybridized carbons (Fsp3) is 0.500. The number of carbonyl (C=O) groups is 1. The highest BCUT2D eigenvalue weighted by Gasteiger charge is 2.24. The summed E-state index contributed by atoms with van der Waals surface area (Å²) in [5.41, 5.74) is -0.572. The Bertz CT molecular complexity index is 401. The summed E-state index contributed by atoms with van der Waals surface area (Å²) < 4.78 is 1.31. The maximum atomic E-state index is 11.5. The van der Waals surface area contributed by atoms with Gasteiger partial charge in [0, 0.05) is 13.1 Å². The molecule has 0 aliphatic carbocycles. The second-order valence-corrected chi connectivity index (χ2v) is 2.96. The topological polar surface area (TPSA) is 110 Å². The second kappa shape index (κ2) is 5.21. The molecule has 0 atom stereocenters. The van der Waals surface area contributed by atoms with Crippen LogP contribution in [0.3, 0.4) is 0 Å². The van der Waals surface area contributed by atoms with Gasteiger partial charge in [0.15, 0.2) is 0 Å². The van der Waals surface area contributed by atoms with E-state index in [1.165, 1.54) is 10.9 Å². The quantitative estimate of drug-likeness (QED) is 0.523. The number of carbonyl (C=O) groups excluding carboxylic acids is 1. The Kier molecular flexibility index (Phi) is 3.95. The number of aromatic nitrogens is 2. The Hall–Kier alpha value is -1.96. The van der Waals surface area contributed by atoms with Gasteiger partial charge in [-0.05, 0) is 6.92 Å². The van der Waals surface area contributed by atoms with Crippen molar-refractivity contribution in [2.75, 3.05) is 13.2 Å². The molecule has 1 amide bonds. The highest BCUT2D eigenvalue weighted by Crippen LogP contribution is 2.16. The summed E-state index contributed by atoms with van der Waals surface area (Å²) in [5.74, 6) is -0.659. The van der Waals surface area contributed by atoms with Crippen LogP contribution in [0.4, 0.5) is 5.69 Å². The Morgan fingerprint density at radius 3 is 2.94 bits per heavy atom. The lowest BCUT2D eigenvalue weighted by molar-refractivity contribution is -0.385. The molecule has 0 saturated carbocycles. The minimum absolute atomic E-state index is 0.0367. The van der Waals surface area contributed by atoms with Gasteiger partial charge < -0.3 is 10.4 Å². The van der Waals surface area contributed by atoms with Crippen LogP contribution in [-0.2, 0) is 6.54 Å². The monoisotopic (exact) mass is 228 g/mol. The Morgan fingerprint density at radius 1 is 1.75 bits per heavy atom. The number of rotatable bonds is 5. The van der Waals surface area contributed by atoms with Crippen molar-refractivity contribution in [1.82, 2.24) is 15.1 Å². The van der Waals surface area contributed by atoms with Gasteiger partial charge in [0.25, 0.3) is 5.91 Å². The average molecular weight is 228 g/mol. The van der Waals surface area contributed by atoms with Crippen LogP contribution in [0.2, 0.25) is 0 Å². The highest BCUT2D eigenvalue weighted by molar-refractivity contribution is 5.95. The van der Waals surface area contributed by atoms with Crippen LogP contribution >= 0.6 is 0 Å². The Labute approximate surface area is 91.0 Å². The van der Waals surface area contributed by atoms with Crippen molar-refractivity contribution in [2.45, 2.75) is 13.5 Å². The van der Waals surface area contributed by atoms with Crippen LogP contribution < -0.4 is 5.32 Å². The molecule has 0 saturated heterocycles. The minimum Gasteiger partial charge on any atom is -0.395 e. The molecule has 0 bridgehead atoms. The first kappa shape index (κ1) is 12.1. The van der Waals surface area contributed by atoms with Crippen LogP contribution in [0, 0.1) is 10.1 Å². The smallest absolute Gasteiger partial charge is 0.320 e. The largest absolute Gasteiger partial charge is 0.395 e. The lowest BCUT2D eigenvalue weighted by atomic mass is 10.3. The van der Waals surface area contributed by atoms with Crippen molar-refractivity contribution in [3.8, 4) is 0 Å². The van der Waals surface area contributed by atoms with Crippen molar-refractivity contribution in [3.63, 3.8) is 0 Å². The van der Waals surface area contributed by atoms with E-state index in [1.54, 1.807) is 6.92 Å². The number of aryl methyl sites for hydroxylation is 1. The molecule has 0 aromatic carbocycles. The molecular formula is C8H12N4O4. The van der Waals surface area contributed by atoms with Gasteiger partial charge in [-0.3, -0.25) is 19.6 Å². The molecule has 0 spiro atoms. The molecule has 16 heavy (non-hydrogen) atoms. The van der Waals surface area contributed by atoms with Gasteiger partial charge in [0.05, 0.1) is 11.5 Å². The highest BCUT2D eigenvalue weighted by atomic mass is 16.6. The molecule has 8 nitrogen and oxygen atoms in total. The fourth-order valence-electron chi connectivity index (χ4n) is 1.12. The SMILES string of the molecule is CCn1cc([N+](=O)[O-])c(C(=O)NCCO)n1. The van der Waals surface area contributed by atoms with Crippen molar-refractivity contribution < 1.29 is 14.8 Å². The van der Waals surface area contributed by atoms with E-state index in [4.69, 9.17) is 5.11 Å². The van der Waals surface area contributed by atoms with E-state index in [-0.39, 0.29) is 24.5 Å². The zero-order chi connectivity index (χ0) is 12.1.